The second-order valence-corrected chi connectivity index (χ2v) is 13.2. The number of tetrazole rings is 1. The molecule has 2 atom stereocenters. The molecule has 1 fully saturated rings. The number of benzene rings is 1. The Hall–Kier alpha value is -4.56. The third-order valence-corrected chi connectivity index (χ3v) is 8.87. The van der Waals surface area contributed by atoms with Crippen molar-refractivity contribution in [2.45, 2.75) is 42.9 Å². The number of esters is 1. The Morgan fingerprint density at radius 3 is 2.67 bits per heavy atom. The SMILES string of the molecule is CC(C)(C)OC(=O)CO/N=C(\C(=O)NC1C(=O)N2C(C(=O)O)=C(CSc3nnnn3-c3ccccc3)CS[C@H]12)c1nsc(N)n1. The lowest BCUT2D eigenvalue weighted by Crippen LogP contribution is -2.71. The second-order valence-electron chi connectivity index (χ2n) is 10.4. The molecule has 5 rings (SSSR count). The van der Waals surface area contributed by atoms with Crippen molar-refractivity contribution < 1.29 is 33.9 Å². The van der Waals surface area contributed by atoms with Crippen LogP contribution in [0.5, 0.6) is 0 Å². The van der Waals surface area contributed by atoms with Gasteiger partial charge in [0.1, 0.15) is 22.7 Å². The number of nitrogen functional groups attached to an aromatic ring is 1. The molecule has 0 bridgehead atoms. The number of nitrogens with two attached hydrogens (primary N) is 1. The highest BCUT2D eigenvalue weighted by Crippen LogP contribution is 2.41. The summed E-state index contributed by atoms with van der Waals surface area (Å²) in [5.41, 5.74) is 5.54. The summed E-state index contributed by atoms with van der Waals surface area (Å²) in [6.07, 6.45) is 0. The van der Waals surface area contributed by atoms with Crippen LogP contribution in [0.1, 0.15) is 26.6 Å². The predicted octanol–water partition coefficient (Wildman–Crippen LogP) is 0.689. The number of anilines is 1. The fourth-order valence-electron chi connectivity index (χ4n) is 4.19. The number of thioether (sulfide) groups is 2. The molecular formula is C25H26N10O7S3. The molecule has 4 heterocycles. The lowest BCUT2D eigenvalue weighted by atomic mass is 10.0. The highest BCUT2D eigenvalue weighted by Gasteiger charge is 2.54. The van der Waals surface area contributed by atoms with Crippen LogP contribution in [0.2, 0.25) is 0 Å². The largest absolute Gasteiger partial charge is 0.477 e. The first-order chi connectivity index (χ1) is 21.4. The zero-order valence-electron chi connectivity index (χ0n) is 23.9. The summed E-state index contributed by atoms with van der Waals surface area (Å²) in [6.45, 7) is 4.44. The van der Waals surface area contributed by atoms with Crippen LogP contribution in [0.3, 0.4) is 0 Å². The summed E-state index contributed by atoms with van der Waals surface area (Å²) in [7, 11) is 0. The van der Waals surface area contributed by atoms with E-state index in [-0.39, 0.29) is 28.2 Å². The molecular weight excluding hydrogens is 649 g/mol. The van der Waals surface area contributed by atoms with Gasteiger partial charge in [0.05, 0.1) is 5.69 Å². The first kappa shape index (κ1) is 31.9. The van der Waals surface area contributed by atoms with Gasteiger partial charge in [-0.1, -0.05) is 35.1 Å². The number of amides is 2. The molecule has 0 radical (unpaired) electrons. The average Bonchev–Trinajstić information content (AvgIpc) is 3.64. The molecule has 2 aliphatic rings. The first-order valence-electron chi connectivity index (χ1n) is 13.1. The molecule has 3 aromatic rings. The van der Waals surface area contributed by atoms with E-state index in [4.69, 9.17) is 15.3 Å². The number of para-hydroxylation sites is 1. The minimum Gasteiger partial charge on any atom is -0.477 e. The molecule has 4 N–H and O–H groups in total. The number of fused-ring (bicyclic) bond motifs is 1. The fraction of sp³-hybridized carbons (Fsp3) is 0.360. The highest BCUT2D eigenvalue weighted by molar-refractivity contribution is 8.01. The molecule has 2 aromatic heterocycles. The second kappa shape index (κ2) is 13.2. The lowest BCUT2D eigenvalue weighted by Gasteiger charge is -2.49. The number of rotatable bonds is 11. The molecule has 2 amide bonds. The van der Waals surface area contributed by atoms with Gasteiger partial charge in [-0.2, -0.15) is 14.0 Å². The van der Waals surface area contributed by atoms with Crippen LogP contribution in [0, 0.1) is 0 Å². The number of aromatic nitrogens is 6. The van der Waals surface area contributed by atoms with E-state index in [9.17, 15) is 24.3 Å². The quantitative estimate of drug-likeness (QED) is 0.0835. The number of nitrogens with zero attached hydrogens (tertiary/aromatic N) is 8. The van der Waals surface area contributed by atoms with Crippen LogP contribution in [0.15, 0.2) is 51.9 Å². The third kappa shape index (κ3) is 7.23. The molecule has 1 unspecified atom stereocenters. The minimum absolute atomic E-state index is 0.0470. The van der Waals surface area contributed by atoms with E-state index in [2.05, 4.69) is 35.4 Å². The maximum Gasteiger partial charge on any atom is 0.352 e. The van der Waals surface area contributed by atoms with Crippen molar-refractivity contribution in [2.24, 2.45) is 5.16 Å². The van der Waals surface area contributed by atoms with Crippen LogP contribution in [-0.2, 0) is 28.8 Å². The van der Waals surface area contributed by atoms with Crippen molar-refractivity contribution in [3.63, 3.8) is 0 Å². The summed E-state index contributed by atoms with van der Waals surface area (Å²) in [5.74, 6) is -3.22. The summed E-state index contributed by atoms with van der Waals surface area (Å²) < 4.78 is 10.7. The number of carboxylic acid groups (broad SMARTS) is 1. The number of carbonyl (C=O) groups is 4. The number of nitrogens with one attached hydrogen (secondary N) is 1. The van der Waals surface area contributed by atoms with E-state index in [1.807, 2.05) is 30.3 Å². The number of hydrogen-bond acceptors (Lipinski definition) is 16. The van der Waals surface area contributed by atoms with Gasteiger partial charge < -0.3 is 25.7 Å². The number of carboxylic acids is 1. The lowest BCUT2D eigenvalue weighted by molar-refractivity contribution is -0.160. The van der Waals surface area contributed by atoms with Gasteiger partial charge in [0.2, 0.25) is 23.3 Å². The van der Waals surface area contributed by atoms with Gasteiger partial charge in [-0.3, -0.25) is 14.5 Å². The predicted molar refractivity (Wildman–Crippen MR) is 162 cm³/mol. The Morgan fingerprint density at radius 1 is 1.24 bits per heavy atom. The molecule has 2 aliphatic heterocycles. The van der Waals surface area contributed by atoms with Gasteiger partial charge in [-0.15, -0.1) is 16.9 Å². The summed E-state index contributed by atoms with van der Waals surface area (Å²) in [6, 6.07) is 8.13. The van der Waals surface area contributed by atoms with Gasteiger partial charge in [-0.25, -0.2) is 9.59 Å². The maximum atomic E-state index is 13.3. The fourth-order valence-corrected chi connectivity index (χ4v) is 7.00. The average molecular weight is 675 g/mol. The maximum absolute atomic E-state index is 13.3. The van der Waals surface area contributed by atoms with Crippen molar-refractivity contribution in [2.75, 3.05) is 23.8 Å². The van der Waals surface area contributed by atoms with Crippen molar-refractivity contribution in [1.29, 1.82) is 0 Å². The molecule has 236 valence electrons. The zero-order chi connectivity index (χ0) is 32.3. The Morgan fingerprint density at radius 2 is 2.00 bits per heavy atom. The van der Waals surface area contributed by atoms with Gasteiger partial charge in [0, 0.05) is 23.0 Å². The van der Waals surface area contributed by atoms with Gasteiger partial charge in [0.25, 0.3) is 11.8 Å². The number of oxime groups is 1. The third-order valence-electron chi connectivity index (χ3n) is 5.98. The van der Waals surface area contributed by atoms with Crippen molar-refractivity contribution >= 4 is 69.7 Å². The van der Waals surface area contributed by atoms with Crippen LogP contribution in [0.25, 0.3) is 5.69 Å². The van der Waals surface area contributed by atoms with Crippen LogP contribution < -0.4 is 11.1 Å². The minimum atomic E-state index is -1.28. The topological polar surface area (TPSA) is 230 Å². The molecule has 0 saturated carbocycles. The Bertz CT molecular complexity index is 1690. The summed E-state index contributed by atoms with van der Waals surface area (Å²) in [4.78, 5) is 61.0. The number of aliphatic carboxylic acids is 1. The number of ether oxygens (including phenoxy) is 1. The van der Waals surface area contributed by atoms with Gasteiger partial charge in [0.15, 0.2) is 5.13 Å². The molecule has 0 spiro atoms. The Kier molecular flexibility index (Phi) is 9.34. The number of β-lactam (4-membered cyclic amide) rings is 1. The smallest absolute Gasteiger partial charge is 0.352 e. The van der Waals surface area contributed by atoms with Gasteiger partial charge in [-0.05, 0) is 48.9 Å². The van der Waals surface area contributed by atoms with E-state index >= 15 is 0 Å². The monoisotopic (exact) mass is 674 g/mol. The number of carbonyl (C=O) groups excluding carboxylic acids is 3. The highest BCUT2D eigenvalue weighted by atomic mass is 32.2. The van der Waals surface area contributed by atoms with Crippen LogP contribution in [0.4, 0.5) is 5.13 Å². The molecule has 20 heteroatoms. The Labute approximate surface area is 267 Å². The standard InChI is InChI=1S/C25H26N10O7S3/c1-25(2,3)42-14(36)9-41-30-15(18-28-23(26)45-31-18)19(37)27-16-20(38)34-17(22(39)40)12(10-43-21(16)34)11-44-24-29-32-33-35(24)13-7-5-4-6-8-13/h4-8,16,21H,9-11H2,1-3H3,(H,27,37)(H,39,40)(H2,26,28,31)/b30-15-/t16?,21-/m1/s1. The molecule has 1 saturated heterocycles. The number of hydrogen-bond donors (Lipinski definition) is 3. The van der Waals surface area contributed by atoms with E-state index < -0.39 is 53.1 Å². The van der Waals surface area contributed by atoms with E-state index in [0.717, 1.165) is 22.1 Å². The van der Waals surface area contributed by atoms with E-state index in [0.29, 0.717) is 10.7 Å². The Balaban J connectivity index is 1.28. The molecule has 1 aromatic carbocycles. The molecule has 45 heavy (non-hydrogen) atoms. The van der Waals surface area contributed by atoms with Crippen LogP contribution in [-0.4, -0.2) is 104 Å². The van der Waals surface area contributed by atoms with Crippen LogP contribution >= 0.6 is 35.1 Å². The van der Waals surface area contributed by atoms with Crippen molar-refractivity contribution in [1.82, 2.24) is 39.8 Å². The molecule has 0 aliphatic carbocycles. The molecule has 17 nitrogen and oxygen atoms in total. The van der Waals surface area contributed by atoms with Gasteiger partial charge >= 0.3 is 11.9 Å². The summed E-state index contributed by atoms with van der Waals surface area (Å²) >= 11 is 3.32. The normalized spacial score (nSPS) is 18.2. The summed E-state index contributed by atoms with van der Waals surface area (Å²) in [5, 5.41) is 27.9. The first-order valence-corrected chi connectivity index (χ1v) is 15.9. The van der Waals surface area contributed by atoms with E-state index in [1.54, 1.807) is 20.8 Å². The van der Waals surface area contributed by atoms with Crippen molar-refractivity contribution in [3.05, 3.63) is 47.4 Å². The van der Waals surface area contributed by atoms with E-state index in [1.165, 1.54) is 28.2 Å². The van der Waals surface area contributed by atoms with Crippen molar-refractivity contribution in [3.8, 4) is 5.69 Å². The zero-order valence-corrected chi connectivity index (χ0v) is 26.4.